The molecule has 2 rings (SSSR count). The Balaban J connectivity index is 2.24. The lowest BCUT2D eigenvalue weighted by molar-refractivity contribution is -0.151. The molecule has 116 valence electrons. The highest BCUT2D eigenvalue weighted by molar-refractivity contribution is 6.42. The van der Waals surface area contributed by atoms with E-state index in [0.29, 0.717) is 5.02 Å². The van der Waals surface area contributed by atoms with Crippen LogP contribution in [-0.4, -0.2) is 47.6 Å². The average Bonchev–Trinajstić information content (AvgIpc) is 2.47. The molecule has 7 nitrogen and oxygen atoms in total. The number of amides is 5. The van der Waals surface area contributed by atoms with Crippen LogP contribution in [0.5, 0.6) is 0 Å². The lowest BCUT2D eigenvalue weighted by atomic mass is 10.0. The molecule has 9 heteroatoms. The Morgan fingerprint density at radius 2 is 1.59 bits per heavy atom. The van der Waals surface area contributed by atoms with E-state index >= 15 is 0 Å². The second kappa shape index (κ2) is 5.94. The zero-order chi connectivity index (χ0) is 16.6. The quantitative estimate of drug-likeness (QED) is 0.826. The van der Waals surface area contributed by atoms with Crippen molar-refractivity contribution in [1.29, 1.82) is 0 Å². The number of urea groups is 1. The third-order valence-corrected chi connectivity index (χ3v) is 3.92. The topological polar surface area (TPSA) is 86.8 Å². The summed E-state index contributed by atoms with van der Waals surface area (Å²) in [7, 11) is 2.40. The number of imide groups is 2. The molecule has 0 spiro atoms. The molecule has 1 saturated heterocycles. The minimum absolute atomic E-state index is 0.213. The van der Waals surface area contributed by atoms with E-state index < -0.39 is 29.7 Å². The van der Waals surface area contributed by atoms with Gasteiger partial charge in [-0.25, -0.2) is 4.79 Å². The first-order valence-corrected chi connectivity index (χ1v) is 6.84. The van der Waals surface area contributed by atoms with E-state index in [1.165, 1.54) is 32.3 Å². The number of hydrogen-bond acceptors (Lipinski definition) is 4. The molecule has 1 heterocycles. The van der Waals surface area contributed by atoms with E-state index in [0.717, 1.165) is 9.80 Å². The highest BCUT2D eigenvalue weighted by atomic mass is 35.5. The Morgan fingerprint density at radius 1 is 1.05 bits per heavy atom. The molecule has 0 radical (unpaired) electrons. The summed E-state index contributed by atoms with van der Waals surface area (Å²) in [5, 5.41) is 2.92. The van der Waals surface area contributed by atoms with Crippen LogP contribution in [0.25, 0.3) is 0 Å². The molecule has 0 aromatic heterocycles. The van der Waals surface area contributed by atoms with Crippen LogP contribution >= 0.6 is 23.2 Å². The molecule has 5 amide bonds. The summed E-state index contributed by atoms with van der Waals surface area (Å²) >= 11 is 11.6. The molecule has 1 aliphatic rings. The number of carbonyl (C=O) groups excluding carboxylic acids is 4. The van der Waals surface area contributed by atoms with Crippen LogP contribution < -0.4 is 5.32 Å². The maximum absolute atomic E-state index is 12.2. The van der Waals surface area contributed by atoms with Crippen molar-refractivity contribution in [2.24, 2.45) is 5.92 Å². The van der Waals surface area contributed by atoms with Crippen molar-refractivity contribution in [3.63, 3.8) is 0 Å². The third kappa shape index (κ3) is 2.77. The number of benzene rings is 1. The number of nitrogens with zero attached hydrogens (tertiary/aromatic N) is 2. The van der Waals surface area contributed by atoms with Gasteiger partial charge in [-0.1, -0.05) is 23.2 Å². The fourth-order valence-corrected chi connectivity index (χ4v) is 2.22. The molecule has 1 N–H and O–H groups in total. The lowest BCUT2D eigenvalue weighted by Gasteiger charge is -2.32. The van der Waals surface area contributed by atoms with Crippen molar-refractivity contribution in [3.05, 3.63) is 28.2 Å². The zero-order valence-electron chi connectivity index (χ0n) is 11.6. The molecule has 0 aliphatic carbocycles. The van der Waals surface area contributed by atoms with Crippen LogP contribution in [0.1, 0.15) is 0 Å². The highest BCUT2D eigenvalue weighted by Gasteiger charge is 2.46. The standard InChI is InChI=1S/C13H11Cl2N3O4/c1-17-11(20)9(12(21)18(2)13(17)22)10(19)16-6-3-4-7(14)8(15)5-6/h3-5,9H,1-2H3,(H,16,19). The molecule has 1 aromatic carbocycles. The van der Waals surface area contributed by atoms with Crippen molar-refractivity contribution in [2.45, 2.75) is 0 Å². The van der Waals surface area contributed by atoms with Crippen molar-refractivity contribution >= 4 is 52.6 Å². The van der Waals surface area contributed by atoms with Crippen molar-refractivity contribution in [2.75, 3.05) is 19.4 Å². The van der Waals surface area contributed by atoms with Gasteiger partial charge in [-0.05, 0) is 18.2 Å². The number of anilines is 1. The van der Waals surface area contributed by atoms with Gasteiger partial charge in [0.05, 0.1) is 10.0 Å². The number of rotatable bonds is 2. The van der Waals surface area contributed by atoms with Gasteiger partial charge in [0, 0.05) is 19.8 Å². The Labute approximate surface area is 135 Å². The highest BCUT2D eigenvalue weighted by Crippen LogP contribution is 2.26. The zero-order valence-corrected chi connectivity index (χ0v) is 13.1. The van der Waals surface area contributed by atoms with Gasteiger partial charge in [-0.2, -0.15) is 0 Å². The van der Waals surface area contributed by atoms with Gasteiger partial charge in [-0.3, -0.25) is 24.2 Å². The fourth-order valence-electron chi connectivity index (χ4n) is 1.92. The van der Waals surface area contributed by atoms with E-state index in [9.17, 15) is 19.2 Å². The average molecular weight is 344 g/mol. The van der Waals surface area contributed by atoms with Crippen LogP contribution in [0.4, 0.5) is 10.5 Å². The molecule has 1 aromatic rings. The van der Waals surface area contributed by atoms with Crippen LogP contribution in [-0.2, 0) is 14.4 Å². The Kier molecular flexibility index (Phi) is 4.39. The minimum atomic E-state index is -1.62. The van der Waals surface area contributed by atoms with Crippen LogP contribution in [0.2, 0.25) is 10.0 Å². The first-order chi connectivity index (χ1) is 10.2. The maximum Gasteiger partial charge on any atom is 0.332 e. The van der Waals surface area contributed by atoms with Crippen molar-refractivity contribution in [1.82, 2.24) is 9.80 Å². The number of hydrogen-bond donors (Lipinski definition) is 1. The summed E-state index contributed by atoms with van der Waals surface area (Å²) in [6, 6.07) is 3.54. The van der Waals surface area contributed by atoms with E-state index in [1.54, 1.807) is 0 Å². The maximum atomic E-state index is 12.2. The minimum Gasteiger partial charge on any atom is -0.325 e. The molecular formula is C13H11Cl2N3O4. The Hall–Kier alpha value is -2.12. The normalized spacial score (nSPS) is 16.3. The predicted octanol–water partition coefficient (Wildman–Crippen LogP) is 1.60. The van der Waals surface area contributed by atoms with Crippen LogP contribution in [0.3, 0.4) is 0 Å². The van der Waals surface area contributed by atoms with E-state index in [-0.39, 0.29) is 10.7 Å². The molecule has 22 heavy (non-hydrogen) atoms. The summed E-state index contributed by atoms with van der Waals surface area (Å²) in [4.78, 5) is 49.2. The molecule has 1 fully saturated rings. The fraction of sp³-hybridized carbons (Fsp3) is 0.231. The summed E-state index contributed by atoms with van der Waals surface area (Å²) in [6.07, 6.45) is 0. The third-order valence-electron chi connectivity index (χ3n) is 3.18. The Bertz CT molecular complexity index is 668. The van der Waals surface area contributed by atoms with E-state index in [1.807, 2.05) is 0 Å². The monoisotopic (exact) mass is 343 g/mol. The van der Waals surface area contributed by atoms with Gasteiger partial charge in [0.15, 0.2) is 5.92 Å². The van der Waals surface area contributed by atoms with Gasteiger partial charge in [0.1, 0.15) is 0 Å². The number of halogens is 2. The van der Waals surface area contributed by atoms with Gasteiger partial charge >= 0.3 is 6.03 Å². The predicted molar refractivity (Wildman–Crippen MR) is 79.5 cm³/mol. The summed E-state index contributed by atoms with van der Waals surface area (Å²) in [5.74, 6) is -4.24. The SMILES string of the molecule is CN1C(=O)C(C(=O)Nc2ccc(Cl)c(Cl)c2)C(=O)N(C)C1=O. The second-order valence-electron chi connectivity index (χ2n) is 4.63. The van der Waals surface area contributed by atoms with Gasteiger partial charge < -0.3 is 5.32 Å². The number of barbiturate groups is 1. The van der Waals surface area contributed by atoms with E-state index in [4.69, 9.17) is 23.2 Å². The van der Waals surface area contributed by atoms with Crippen LogP contribution in [0.15, 0.2) is 18.2 Å². The summed E-state index contributed by atoms with van der Waals surface area (Å²) in [5.41, 5.74) is 0.280. The van der Waals surface area contributed by atoms with Gasteiger partial charge in [-0.15, -0.1) is 0 Å². The number of nitrogens with one attached hydrogen (secondary N) is 1. The molecule has 0 atom stereocenters. The smallest absolute Gasteiger partial charge is 0.325 e. The lowest BCUT2D eigenvalue weighted by Crippen LogP contribution is -2.59. The van der Waals surface area contributed by atoms with Crippen LogP contribution in [0, 0.1) is 5.92 Å². The largest absolute Gasteiger partial charge is 0.332 e. The molecule has 0 saturated carbocycles. The second-order valence-corrected chi connectivity index (χ2v) is 5.44. The van der Waals surface area contributed by atoms with Crippen molar-refractivity contribution < 1.29 is 19.2 Å². The molecule has 1 aliphatic heterocycles. The summed E-state index contributed by atoms with van der Waals surface area (Å²) in [6.45, 7) is 0. The summed E-state index contributed by atoms with van der Waals surface area (Å²) < 4.78 is 0. The Morgan fingerprint density at radius 3 is 2.09 bits per heavy atom. The first-order valence-electron chi connectivity index (χ1n) is 6.09. The molecule has 0 bridgehead atoms. The molecule has 0 unspecified atom stereocenters. The molecular weight excluding hydrogens is 333 g/mol. The van der Waals surface area contributed by atoms with E-state index in [2.05, 4.69) is 5.32 Å². The number of carbonyl (C=O) groups is 4. The van der Waals surface area contributed by atoms with Gasteiger partial charge in [0.25, 0.3) is 11.8 Å². The van der Waals surface area contributed by atoms with Gasteiger partial charge in [0.2, 0.25) is 5.91 Å². The van der Waals surface area contributed by atoms with Crippen molar-refractivity contribution in [3.8, 4) is 0 Å². The first kappa shape index (κ1) is 16.3.